The van der Waals surface area contributed by atoms with Gasteiger partial charge >= 0.3 is 23.9 Å². The lowest BCUT2D eigenvalue weighted by molar-refractivity contribution is -0.161. The van der Waals surface area contributed by atoms with Gasteiger partial charge in [0.25, 0.3) is 0 Å². The predicted molar refractivity (Wildman–Crippen MR) is 471 cm³/mol. The van der Waals surface area contributed by atoms with E-state index in [1.54, 1.807) is 0 Å². The lowest BCUT2D eigenvalue weighted by Crippen LogP contribution is -2.51. The molecule has 4 saturated heterocycles. The molecule has 8 N–H and O–H groups in total. The lowest BCUT2D eigenvalue weighted by Gasteiger charge is -2.47. The summed E-state index contributed by atoms with van der Waals surface area (Å²) in [5, 5.41) is 0. The molecule has 0 spiro atoms. The summed E-state index contributed by atoms with van der Waals surface area (Å²) in [5.41, 5.74) is 21.0. The van der Waals surface area contributed by atoms with Crippen LogP contribution < -0.4 is 60.8 Å². The van der Waals surface area contributed by atoms with Gasteiger partial charge in [0, 0.05) is 219 Å². The second-order valence-electron chi connectivity index (χ2n) is 27.8. The van der Waals surface area contributed by atoms with E-state index in [9.17, 15) is 20.5 Å². The van der Waals surface area contributed by atoms with E-state index in [0.29, 0.717) is 20.8 Å². The van der Waals surface area contributed by atoms with Crippen LogP contribution in [0.1, 0.15) is 338 Å². The Kier molecular flexibility index (Phi) is 12.9. The molecule has 24 heteroatoms. The fourth-order valence-corrected chi connectivity index (χ4v) is 14.2. The number of rotatable bonds is 28. The first-order valence-corrected chi connectivity index (χ1v) is 36.4. The molecule has 12 rings (SSSR count). The molecule has 120 heavy (non-hydrogen) atoms. The third kappa shape index (κ3) is 23.8. The highest BCUT2D eigenvalue weighted by Crippen LogP contribution is 2.50. The molecule has 0 radical (unpaired) electrons. The molecule has 24 nitrogen and oxygen atoms in total. The third-order valence-electron chi connectivity index (χ3n) is 19.9. The number of nitrogens with zero attached hydrogens (tertiary/aromatic N) is 4. The van der Waals surface area contributed by atoms with Crippen LogP contribution in [0.3, 0.4) is 0 Å². The Morgan fingerprint density at radius 2 is 0.600 bits per heavy atom. The van der Waals surface area contributed by atoms with Gasteiger partial charge in [-0.15, -0.1) is 0 Å². The number of ether oxygens (including phenoxy) is 12. The molecule has 0 aromatic heterocycles. The second kappa shape index (κ2) is 43.9. The third-order valence-corrected chi connectivity index (χ3v) is 19.9. The minimum absolute atomic E-state index is 0.00658. The molecule has 4 aromatic rings. The predicted octanol–water partition coefficient (Wildman–Crippen LogP) is 14.3. The van der Waals surface area contributed by atoms with Gasteiger partial charge in [0.05, 0.1) is 71.8 Å². The topological polar surface area (TPSA) is 296 Å². The summed E-state index contributed by atoms with van der Waals surface area (Å²) >= 11 is 0. The standard InChI is InChI=1S/4C24H38N2O4/c4*1-14(2)9-17-13-26-8-7-16-10-21(28-5)22(29-6)11-18(16)19(26)12-20(17)30-24(27)23(25)15(3)4/h4*10-11,14-15,17,19-20,23H,7-9,12-13,25H2,1-6H3/t4*17?,19?,20?,23-/m0000/s1/i1D3,3D3,4D3,7D2,8D2,9D2,14D,15D,20D,23D;2*1D3,3D3,4D3,5D3,7D2,8D2,9D2,14D,15D,23D;1D3,3D3,4D3,7D2,8D2,9D2,14D,15D,23D/t4*14?,17?,19?,20?,23-. The van der Waals surface area contributed by atoms with E-state index in [4.69, 9.17) is 187 Å². The molecule has 0 bridgehead atoms. The number of carbonyl (C=O) groups excluding carboxylic acids is 4. The van der Waals surface area contributed by atoms with Crippen LogP contribution in [-0.4, -0.2) is 201 Å². The molecule has 0 aliphatic carbocycles. The van der Waals surface area contributed by atoms with Crippen molar-refractivity contribution in [3.8, 4) is 46.0 Å². The lowest BCUT2D eigenvalue weighted by atomic mass is 9.79. The Morgan fingerprint density at radius 1 is 0.367 bits per heavy atom. The first-order valence-electron chi connectivity index (χ1n) is 75.9. The number of nitrogens with two attached hydrogens (primary N) is 4. The highest BCUT2D eigenvalue weighted by atomic mass is 16.6. The van der Waals surface area contributed by atoms with Crippen molar-refractivity contribution < 1.29 is 184 Å². The van der Waals surface area contributed by atoms with E-state index in [1.165, 1.54) is 46.6 Å². The molecule has 0 saturated carbocycles. The van der Waals surface area contributed by atoms with Crippen LogP contribution in [0.25, 0.3) is 0 Å². The highest BCUT2D eigenvalue weighted by molar-refractivity contribution is 5.77. The SMILES string of the molecule is [2H]C([2H])([2H])C([2H])(C)C([2H])([2H])C1CN2C(CC1OC(=O)[C@@]([2H])(N)C([2H])(C([2H])([2H])[2H])C([2H])([2H])[2H])c1cc(OC)c(OC)cc1C([2H])([2H])C2([2H])[2H].[2H]C([2H])([2H])Oc1cc2c(cc1OC)C1CC(OC(=O)[C@@]([2H])(N)C([2H])(C([2H])([2H])[2H])C([2H])([2H])[2H])C(C([2H])([2H])C([2H])(C)C([2H])([2H])[2H])CN1C([2H])([2H])C2([2H])[2H].[2H]C([2H])([2H])Oc1cc2c(cc1OC)C1CC(OC(=O)[C@@]([2H])(N)C([2H])(C([2H])([2H])[2H])C([2H])([2H])[2H])C(C([2H])([2H])C([2H])(C)C([2H])([2H])[2H])CN1C([2H])([2H])C2([2H])[2H].[2H]C1(OC(=O)[C@@]([2H])(N)C([2H])(C([2H])([2H])[2H])C([2H])([2H])[2H])CC2c3cc(OC)c(OC)cc3C([2H])([2H])C([2H])([2H])N2CC1C([2H])([2H])C([2H])(C)C([2H])([2H])[2H]. The number of hydrogen-bond donors (Lipinski definition) is 4. The Bertz CT molecular complexity index is 7310. The van der Waals surface area contributed by atoms with Crippen molar-refractivity contribution in [2.45, 2.75) is 259 Å². The Morgan fingerprint density at radius 3 is 0.850 bits per heavy atom. The zero-order valence-electron chi connectivity index (χ0n) is 146. The summed E-state index contributed by atoms with van der Waals surface area (Å²) < 4.78 is 709. The number of fused-ring (bicyclic) bond motifs is 12. The maximum atomic E-state index is 13.7. The summed E-state index contributed by atoms with van der Waals surface area (Å²) in [5.74, 6) is -47.1. The minimum Gasteiger partial charge on any atom is -0.493 e. The molecule has 4 aromatic carbocycles. The number of esters is 4. The fraction of sp³-hybridized carbons (Fsp3) is 0.708. The van der Waals surface area contributed by atoms with Crippen molar-refractivity contribution in [1.29, 1.82) is 0 Å². The van der Waals surface area contributed by atoms with Gasteiger partial charge < -0.3 is 79.8 Å². The minimum atomic E-state index is -4.09. The van der Waals surface area contributed by atoms with Crippen molar-refractivity contribution in [1.82, 2.24) is 19.6 Å². The van der Waals surface area contributed by atoms with Gasteiger partial charge in [-0.2, -0.15) is 0 Å². The molecule has 8 heterocycles. The first kappa shape index (κ1) is 35.3. The largest absolute Gasteiger partial charge is 0.493 e. The van der Waals surface area contributed by atoms with Crippen molar-refractivity contribution in [3.05, 3.63) is 93.0 Å². The van der Waals surface area contributed by atoms with Gasteiger partial charge in [-0.25, -0.2) is 0 Å². The number of hydrogen-bond acceptors (Lipinski definition) is 24. The van der Waals surface area contributed by atoms with E-state index >= 15 is 0 Å². The van der Waals surface area contributed by atoms with Crippen LogP contribution >= 0.6 is 0 Å². The van der Waals surface area contributed by atoms with Crippen LogP contribution in [0, 0.1) is 70.8 Å². The molecule has 20 atom stereocenters. The Labute approximate surface area is 829 Å². The number of carbonyl (C=O) groups is 4. The van der Waals surface area contributed by atoms with E-state index in [1.807, 2.05) is 0 Å². The number of aryl methyl sites for hydroxylation is 4. The highest BCUT2D eigenvalue weighted by Gasteiger charge is 2.47. The summed E-state index contributed by atoms with van der Waals surface area (Å²) in [7, 11) is 1.10. The quantitative estimate of drug-likeness (QED) is 0.0303. The number of benzene rings is 4. The van der Waals surface area contributed by atoms with Gasteiger partial charge in [0.15, 0.2) is 46.0 Å². The molecule has 4 fully saturated rings. The summed E-state index contributed by atoms with van der Waals surface area (Å²) in [4.78, 5) is 57.8. The van der Waals surface area contributed by atoms with Crippen LogP contribution in [0.5, 0.6) is 46.0 Å². The van der Waals surface area contributed by atoms with Crippen molar-refractivity contribution in [2.24, 2.45) is 93.8 Å². The average Bonchev–Trinajstić information content (AvgIpc) is 0.692. The van der Waals surface area contributed by atoms with E-state index in [0.717, 1.165) is 71.1 Å². The van der Waals surface area contributed by atoms with E-state index in [-0.39, 0.29) is 67.9 Å². The van der Waals surface area contributed by atoms with Crippen molar-refractivity contribution >= 4 is 23.9 Å². The molecule has 0 amide bonds. The van der Waals surface area contributed by atoms with Crippen LogP contribution in [0.15, 0.2) is 48.5 Å². The van der Waals surface area contributed by atoms with E-state index in [2.05, 4.69) is 0 Å². The zero-order chi connectivity index (χ0) is 157. The summed E-state index contributed by atoms with van der Waals surface area (Å²) in [6.45, 7) is -58.3. The molecule has 8 aliphatic rings. The molecular weight excluding hydrogens is 1520 g/mol. The van der Waals surface area contributed by atoms with Crippen LogP contribution in [-0.2, 0) is 63.6 Å². The van der Waals surface area contributed by atoms with Crippen molar-refractivity contribution in [2.75, 3.05) is 109 Å². The number of piperidine rings is 4. The smallest absolute Gasteiger partial charge is 0.323 e. The van der Waals surface area contributed by atoms with E-state index < -0.39 is 415 Å². The average molecular weight is 1750 g/mol. The molecule has 8 aliphatic heterocycles. The monoisotopic (exact) mass is 1750 g/mol. The van der Waals surface area contributed by atoms with Crippen LogP contribution in [0.4, 0.5) is 0 Å². The summed E-state index contributed by atoms with van der Waals surface area (Å²) in [6, 6.07) is -12.6. The second-order valence-corrected chi connectivity index (χ2v) is 27.8. The normalized spacial score (nSPS) is 43.9. The zero-order valence-corrected chi connectivity index (χ0v) is 66.8. The summed E-state index contributed by atoms with van der Waals surface area (Å²) in [6.07, 6.45) is -37.6. The molecule has 672 valence electrons. The van der Waals surface area contributed by atoms with Crippen LogP contribution in [0.2, 0.25) is 0 Å². The maximum Gasteiger partial charge on any atom is 0.323 e. The van der Waals surface area contributed by atoms with Gasteiger partial charge in [-0.05, 0) is 191 Å². The Hall–Kier alpha value is -7.16. The number of methoxy groups -OCH3 is 8. The first-order chi connectivity index (χ1) is 87.5. The molecular formula is C96H152N8O16. The fourth-order valence-electron chi connectivity index (χ4n) is 14.2. The van der Waals surface area contributed by atoms with Gasteiger partial charge in [0.1, 0.15) is 48.5 Å². The van der Waals surface area contributed by atoms with Crippen molar-refractivity contribution in [3.63, 3.8) is 0 Å². The van der Waals surface area contributed by atoms with Gasteiger partial charge in [-0.1, -0.05) is 110 Å². The van der Waals surface area contributed by atoms with Gasteiger partial charge in [-0.3, -0.25) is 38.8 Å². The Balaban J connectivity index is 0.000000287. The van der Waals surface area contributed by atoms with Gasteiger partial charge in [0.2, 0.25) is 0 Å². The maximum absolute atomic E-state index is 13.7. The molecule has 16 unspecified atom stereocenters.